The van der Waals surface area contributed by atoms with Crippen LogP contribution in [0.5, 0.6) is 0 Å². The van der Waals surface area contributed by atoms with Crippen LogP contribution in [0.4, 0.5) is 13.2 Å². The molecule has 0 aliphatic carbocycles. The number of aryl methyl sites for hydroxylation is 1. The van der Waals surface area contributed by atoms with E-state index in [0.717, 1.165) is 43.4 Å². The van der Waals surface area contributed by atoms with E-state index in [9.17, 15) is 13.2 Å². The summed E-state index contributed by atoms with van der Waals surface area (Å²) < 4.78 is 38.0. The smallest absolute Gasteiger partial charge is 0.357 e. The van der Waals surface area contributed by atoms with Gasteiger partial charge in [-0.05, 0) is 32.7 Å². The molecular formula is C18H30F3N5S. The van der Waals surface area contributed by atoms with Crippen molar-refractivity contribution in [1.82, 2.24) is 20.1 Å². The fourth-order valence-corrected chi connectivity index (χ4v) is 4.07. The topological polar surface area (TPSA) is 43.8 Å². The van der Waals surface area contributed by atoms with Gasteiger partial charge in [0.2, 0.25) is 0 Å². The van der Waals surface area contributed by atoms with Crippen molar-refractivity contribution in [3.8, 4) is 0 Å². The average Bonchev–Trinajstić information content (AvgIpc) is 3.21. The second-order valence-electron chi connectivity index (χ2n) is 6.89. The fourth-order valence-electron chi connectivity index (χ4n) is 3.30. The van der Waals surface area contributed by atoms with E-state index in [4.69, 9.17) is 4.99 Å². The van der Waals surface area contributed by atoms with E-state index in [1.165, 1.54) is 9.78 Å². The molecule has 9 heteroatoms. The monoisotopic (exact) mass is 405 g/mol. The summed E-state index contributed by atoms with van der Waals surface area (Å²) in [6, 6.07) is 0. The van der Waals surface area contributed by atoms with E-state index >= 15 is 0 Å². The molecule has 0 spiro atoms. The maximum absolute atomic E-state index is 12.7. The van der Waals surface area contributed by atoms with Gasteiger partial charge in [0.15, 0.2) is 5.96 Å². The first-order valence-corrected chi connectivity index (χ1v) is 10.4. The lowest BCUT2D eigenvalue weighted by Crippen LogP contribution is -2.42. The van der Waals surface area contributed by atoms with Gasteiger partial charge in [-0.2, -0.15) is 13.2 Å². The Morgan fingerprint density at radius 2 is 2.22 bits per heavy atom. The quantitative estimate of drug-likeness (QED) is 0.533. The van der Waals surface area contributed by atoms with Crippen molar-refractivity contribution in [3.63, 3.8) is 0 Å². The van der Waals surface area contributed by atoms with E-state index < -0.39 is 12.7 Å². The number of nitrogens with one attached hydrogen (secondary N) is 1. The van der Waals surface area contributed by atoms with E-state index in [-0.39, 0.29) is 5.92 Å². The number of guanidine groups is 1. The van der Waals surface area contributed by atoms with Crippen LogP contribution in [0.15, 0.2) is 11.2 Å². The Bertz CT molecular complexity index is 602. The lowest BCUT2D eigenvalue weighted by Gasteiger charge is -2.26. The van der Waals surface area contributed by atoms with E-state index in [1.54, 1.807) is 18.3 Å². The minimum absolute atomic E-state index is 0.234. The highest BCUT2D eigenvalue weighted by Gasteiger charge is 2.32. The summed E-state index contributed by atoms with van der Waals surface area (Å²) in [6.07, 6.45) is -0.566. The molecule has 1 fully saturated rings. The first kappa shape index (κ1) is 21.9. The number of aliphatic imine (C=N–C) groups is 1. The third-order valence-electron chi connectivity index (χ3n) is 4.54. The first-order valence-electron chi connectivity index (χ1n) is 9.54. The molecule has 2 heterocycles. The highest BCUT2D eigenvalue weighted by Crippen LogP contribution is 2.21. The Morgan fingerprint density at radius 1 is 1.44 bits per heavy atom. The summed E-state index contributed by atoms with van der Waals surface area (Å²) in [6.45, 7) is 8.91. The molecule has 0 amide bonds. The van der Waals surface area contributed by atoms with Crippen LogP contribution >= 0.6 is 11.3 Å². The number of hydrogen-bond acceptors (Lipinski definition) is 4. The van der Waals surface area contributed by atoms with E-state index in [0.29, 0.717) is 19.6 Å². The van der Waals surface area contributed by atoms with Crippen molar-refractivity contribution in [2.75, 3.05) is 45.8 Å². The van der Waals surface area contributed by atoms with Crippen molar-refractivity contribution in [3.05, 3.63) is 16.1 Å². The molecular weight excluding hydrogens is 375 g/mol. The molecule has 1 aliphatic heterocycles. The maximum atomic E-state index is 12.7. The van der Waals surface area contributed by atoms with Gasteiger partial charge in [-0.25, -0.2) is 4.98 Å². The van der Waals surface area contributed by atoms with Crippen LogP contribution in [-0.2, 0) is 6.42 Å². The van der Waals surface area contributed by atoms with Crippen molar-refractivity contribution in [1.29, 1.82) is 0 Å². The molecule has 1 aromatic heterocycles. The Kier molecular flexibility index (Phi) is 8.34. The van der Waals surface area contributed by atoms with Crippen molar-refractivity contribution < 1.29 is 13.2 Å². The zero-order valence-electron chi connectivity index (χ0n) is 16.3. The number of thiazole rings is 1. The molecule has 0 bridgehead atoms. The van der Waals surface area contributed by atoms with Gasteiger partial charge in [-0.15, -0.1) is 11.3 Å². The first-order chi connectivity index (χ1) is 12.8. The summed E-state index contributed by atoms with van der Waals surface area (Å²) in [5.74, 6) is 1.09. The number of rotatable bonds is 8. The molecule has 5 nitrogen and oxygen atoms in total. The number of hydrogen-bond donors (Lipinski definition) is 1. The molecule has 1 unspecified atom stereocenters. The fraction of sp³-hybridized carbons (Fsp3) is 0.778. The number of halogens is 3. The second-order valence-corrected chi connectivity index (χ2v) is 8.21. The Morgan fingerprint density at radius 3 is 2.81 bits per heavy atom. The van der Waals surface area contributed by atoms with E-state index in [2.05, 4.69) is 15.2 Å². The molecule has 1 N–H and O–H groups in total. The molecule has 1 aromatic rings. The molecule has 1 saturated heterocycles. The summed E-state index contributed by atoms with van der Waals surface area (Å²) in [4.78, 5) is 13.9. The zero-order valence-corrected chi connectivity index (χ0v) is 17.2. The standard InChI is InChI=1S/C18H30F3N5S/c1-4-22-17(23-8-6-16-24-10-14(3)27-16)26-9-7-15(12-26)11-25(5-2)13-18(19,20)21/h10,15H,4-9,11-13H2,1-3H3,(H,22,23). The lowest BCUT2D eigenvalue weighted by molar-refractivity contribution is -0.146. The van der Waals surface area contributed by atoms with Gasteiger partial charge in [0.25, 0.3) is 0 Å². The van der Waals surface area contributed by atoms with Crippen LogP contribution in [0.3, 0.4) is 0 Å². The maximum Gasteiger partial charge on any atom is 0.401 e. The van der Waals surface area contributed by atoms with Gasteiger partial charge >= 0.3 is 6.18 Å². The van der Waals surface area contributed by atoms with Crippen LogP contribution < -0.4 is 5.32 Å². The third kappa shape index (κ3) is 7.65. The van der Waals surface area contributed by atoms with Crippen LogP contribution in [0, 0.1) is 12.8 Å². The number of likely N-dealkylation sites (tertiary alicyclic amines) is 1. The van der Waals surface area contributed by atoms with E-state index in [1.807, 2.05) is 20.0 Å². The molecule has 0 aromatic carbocycles. The Hall–Kier alpha value is -1.35. The molecule has 1 aliphatic rings. The molecule has 154 valence electrons. The molecule has 1 atom stereocenters. The van der Waals surface area contributed by atoms with Crippen LogP contribution in [-0.4, -0.2) is 72.7 Å². The van der Waals surface area contributed by atoms with Crippen LogP contribution in [0.25, 0.3) is 0 Å². The average molecular weight is 406 g/mol. The van der Waals surface area contributed by atoms with Gasteiger partial charge in [-0.3, -0.25) is 9.89 Å². The number of aromatic nitrogens is 1. The predicted octanol–water partition coefficient (Wildman–Crippen LogP) is 3.17. The third-order valence-corrected chi connectivity index (χ3v) is 5.52. The normalized spacial score (nSPS) is 18.6. The largest absolute Gasteiger partial charge is 0.401 e. The molecule has 27 heavy (non-hydrogen) atoms. The number of nitrogens with zero attached hydrogens (tertiary/aromatic N) is 4. The van der Waals surface area contributed by atoms with Gasteiger partial charge < -0.3 is 10.2 Å². The second kappa shape index (κ2) is 10.3. The summed E-state index contributed by atoms with van der Waals surface area (Å²) in [5, 5.41) is 4.39. The SMILES string of the molecule is CCNC(=NCCc1ncc(C)s1)N1CCC(CN(CC)CC(F)(F)F)C1. The van der Waals surface area contributed by atoms with Crippen LogP contribution in [0.2, 0.25) is 0 Å². The zero-order chi connectivity index (χ0) is 19.9. The van der Waals surface area contributed by atoms with Gasteiger partial charge in [0.05, 0.1) is 11.6 Å². The highest BCUT2D eigenvalue weighted by atomic mass is 32.1. The summed E-state index contributed by atoms with van der Waals surface area (Å²) in [7, 11) is 0. The predicted molar refractivity (Wildman–Crippen MR) is 104 cm³/mol. The Balaban J connectivity index is 1.87. The molecule has 2 rings (SSSR count). The van der Waals surface area contributed by atoms with Crippen molar-refractivity contribution in [2.45, 2.75) is 39.8 Å². The lowest BCUT2D eigenvalue weighted by atomic mass is 10.1. The van der Waals surface area contributed by atoms with Crippen molar-refractivity contribution >= 4 is 17.3 Å². The van der Waals surface area contributed by atoms with Gasteiger partial charge in [-0.1, -0.05) is 6.92 Å². The minimum atomic E-state index is -4.14. The molecule has 0 radical (unpaired) electrons. The minimum Gasteiger partial charge on any atom is -0.357 e. The summed E-state index contributed by atoms with van der Waals surface area (Å²) >= 11 is 1.69. The Labute approximate surface area is 163 Å². The number of alkyl halides is 3. The van der Waals surface area contributed by atoms with Gasteiger partial charge in [0, 0.05) is 50.2 Å². The molecule has 0 saturated carbocycles. The van der Waals surface area contributed by atoms with Gasteiger partial charge in [0.1, 0.15) is 0 Å². The highest BCUT2D eigenvalue weighted by molar-refractivity contribution is 7.11. The van der Waals surface area contributed by atoms with Crippen molar-refractivity contribution in [2.24, 2.45) is 10.9 Å². The summed E-state index contributed by atoms with van der Waals surface area (Å²) in [5.41, 5.74) is 0. The van der Waals surface area contributed by atoms with Crippen LogP contribution in [0.1, 0.15) is 30.2 Å².